The molecule has 19 heavy (non-hydrogen) atoms. The van der Waals surface area contributed by atoms with Gasteiger partial charge in [0, 0.05) is 21.3 Å². The van der Waals surface area contributed by atoms with Crippen LogP contribution in [-0.2, 0) is 0 Å². The minimum absolute atomic E-state index is 0.0777. The summed E-state index contributed by atoms with van der Waals surface area (Å²) in [6.07, 6.45) is 1.66. The standard InChI is InChI=1S/C14H20BrNO2S/c1-3-14(4-2,9-17)8-16-13(18)11-6-5-10(15)7-12(11)19/h5-7,17,19H,3-4,8-9H2,1-2H3,(H,16,18). The molecule has 106 valence electrons. The van der Waals surface area contributed by atoms with Crippen LogP contribution in [0.1, 0.15) is 37.0 Å². The van der Waals surface area contributed by atoms with Gasteiger partial charge in [-0.2, -0.15) is 0 Å². The summed E-state index contributed by atoms with van der Waals surface area (Å²) < 4.78 is 0.890. The van der Waals surface area contributed by atoms with Crippen LogP contribution in [-0.4, -0.2) is 24.2 Å². The Kier molecular flexibility index (Phi) is 6.36. The van der Waals surface area contributed by atoms with E-state index in [0.29, 0.717) is 17.0 Å². The Morgan fingerprint density at radius 3 is 2.53 bits per heavy atom. The molecule has 3 nitrogen and oxygen atoms in total. The van der Waals surface area contributed by atoms with Gasteiger partial charge >= 0.3 is 0 Å². The summed E-state index contributed by atoms with van der Waals surface area (Å²) in [5.41, 5.74) is 0.312. The van der Waals surface area contributed by atoms with Crippen molar-refractivity contribution in [2.75, 3.05) is 13.2 Å². The molecule has 0 saturated carbocycles. The van der Waals surface area contributed by atoms with Gasteiger partial charge in [0.05, 0.1) is 12.2 Å². The second-order valence-corrected chi connectivity index (χ2v) is 6.11. The first-order valence-corrected chi connectivity index (χ1v) is 7.59. The van der Waals surface area contributed by atoms with E-state index in [1.165, 1.54) is 0 Å². The number of halogens is 1. The van der Waals surface area contributed by atoms with Crippen LogP contribution >= 0.6 is 28.6 Å². The quantitative estimate of drug-likeness (QED) is 0.693. The Bertz CT molecular complexity index is 439. The topological polar surface area (TPSA) is 49.3 Å². The second-order valence-electron chi connectivity index (χ2n) is 4.71. The number of hydrogen-bond acceptors (Lipinski definition) is 3. The Balaban J connectivity index is 2.75. The van der Waals surface area contributed by atoms with E-state index in [4.69, 9.17) is 0 Å². The highest BCUT2D eigenvalue weighted by Gasteiger charge is 2.26. The van der Waals surface area contributed by atoms with Gasteiger partial charge in [0.25, 0.3) is 5.91 Å². The molecule has 0 saturated heterocycles. The summed E-state index contributed by atoms with van der Waals surface area (Å²) in [6, 6.07) is 5.34. The monoisotopic (exact) mass is 345 g/mol. The Labute approximate surface area is 128 Å². The number of aliphatic hydroxyl groups is 1. The van der Waals surface area contributed by atoms with Gasteiger partial charge in [-0.05, 0) is 31.0 Å². The van der Waals surface area contributed by atoms with Crippen LogP contribution in [0.5, 0.6) is 0 Å². The van der Waals surface area contributed by atoms with Crippen molar-refractivity contribution in [3.63, 3.8) is 0 Å². The van der Waals surface area contributed by atoms with E-state index < -0.39 is 0 Å². The van der Waals surface area contributed by atoms with Crippen LogP contribution in [0.25, 0.3) is 0 Å². The number of thiol groups is 1. The number of aliphatic hydroxyl groups excluding tert-OH is 1. The van der Waals surface area contributed by atoms with E-state index in [9.17, 15) is 9.90 Å². The highest BCUT2D eigenvalue weighted by atomic mass is 79.9. The minimum atomic E-state index is -0.234. The molecule has 0 radical (unpaired) electrons. The molecule has 2 N–H and O–H groups in total. The fourth-order valence-corrected chi connectivity index (χ4v) is 2.69. The van der Waals surface area contributed by atoms with E-state index in [1.807, 2.05) is 19.9 Å². The third-order valence-electron chi connectivity index (χ3n) is 3.66. The van der Waals surface area contributed by atoms with Gasteiger partial charge in [0.1, 0.15) is 0 Å². The van der Waals surface area contributed by atoms with E-state index in [2.05, 4.69) is 33.9 Å². The lowest BCUT2D eigenvalue weighted by Gasteiger charge is -2.29. The predicted octanol–water partition coefficient (Wildman–Crippen LogP) is 3.27. The van der Waals surface area contributed by atoms with Crippen LogP contribution in [0.2, 0.25) is 0 Å². The number of nitrogens with one attached hydrogen (secondary N) is 1. The zero-order valence-electron chi connectivity index (χ0n) is 11.2. The largest absolute Gasteiger partial charge is 0.396 e. The molecule has 0 spiro atoms. The maximum atomic E-state index is 12.1. The molecule has 1 rings (SSSR count). The lowest BCUT2D eigenvalue weighted by atomic mass is 9.83. The van der Waals surface area contributed by atoms with Gasteiger partial charge in [0.15, 0.2) is 0 Å². The molecule has 0 heterocycles. The first kappa shape index (κ1) is 16.5. The molecule has 0 aliphatic carbocycles. The van der Waals surface area contributed by atoms with Crippen molar-refractivity contribution in [3.05, 3.63) is 28.2 Å². The number of rotatable bonds is 6. The summed E-state index contributed by atoms with van der Waals surface area (Å²) in [6.45, 7) is 4.60. The fourth-order valence-electron chi connectivity index (χ4n) is 1.84. The third-order valence-corrected chi connectivity index (χ3v) is 4.53. The van der Waals surface area contributed by atoms with Crippen LogP contribution in [0.3, 0.4) is 0 Å². The van der Waals surface area contributed by atoms with Gasteiger partial charge in [-0.25, -0.2) is 0 Å². The van der Waals surface area contributed by atoms with Gasteiger partial charge in [-0.15, -0.1) is 12.6 Å². The number of carbonyl (C=O) groups excluding carboxylic acids is 1. The number of carbonyl (C=O) groups is 1. The van der Waals surface area contributed by atoms with Crippen molar-refractivity contribution in [2.45, 2.75) is 31.6 Å². The Morgan fingerprint density at radius 2 is 2.05 bits per heavy atom. The van der Waals surface area contributed by atoms with Crippen LogP contribution < -0.4 is 5.32 Å². The number of amides is 1. The molecule has 0 aliphatic heterocycles. The molecule has 5 heteroatoms. The summed E-state index contributed by atoms with van der Waals surface area (Å²) in [5, 5.41) is 12.4. The number of hydrogen-bond donors (Lipinski definition) is 3. The first-order chi connectivity index (χ1) is 8.98. The highest BCUT2D eigenvalue weighted by molar-refractivity contribution is 9.10. The second kappa shape index (κ2) is 7.31. The van der Waals surface area contributed by atoms with Crippen molar-refractivity contribution in [1.82, 2.24) is 5.32 Å². The van der Waals surface area contributed by atoms with E-state index in [0.717, 1.165) is 17.3 Å². The van der Waals surface area contributed by atoms with Gasteiger partial charge < -0.3 is 10.4 Å². The van der Waals surface area contributed by atoms with Crippen LogP contribution in [0.4, 0.5) is 0 Å². The summed E-state index contributed by atoms with van der Waals surface area (Å²) in [4.78, 5) is 12.7. The van der Waals surface area contributed by atoms with E-state index in [1.54, 1.807) is 12.1 Å². The molecule has 0 aliphatic rings. The molecule has 0 fully saturated rings. The van der Waals surface area contributed by atoms with E-state index >= 15 is 0 Å². The van der Waals surface area contributed by atoms with Gasteiger partial charge in [0.2, 0.25) is 0 Å². The zero-order valence-corrected chi connectivity index (χ0v) is 13.7. The minimum Gasteiger partial charge on any atom is -0.396 e. The molecule has 1 aromatic carbocycles. The molecule has 0 bridgehead atoms. The van der Waals surface area contributed by atoms with Crippen molar-refractivity contribution >= 4 is 34.5 Å². The van der Waals surface area contributed by atoms with Crippen LogP contribution in [0.15, 0.2) is 27.6 Å². The highest BCUT2D eigenvalue weighted by Crippen LogP contribution is 2.25. The van der Waals surface area contributed by atoms with Gasteiger partial charge in [-0.1, -0.05) is 29.8 Å². The normalized spacial score (nSPS) is 11.4. The first-order valence-electron chi connectivity index (χ1n) is 6.35. The average molecular weight is 346 g/mol. The smallest absolute Gasteiger partial charge is 0.252 e. The van der Waals surface area contributed by atoms with Crippen molar-refractivity contribution in [3.8, 4) is 0 Å². The molecule has 1 amide bonds. The van der Waals surface area contributed by atoms with Crippen molar-refractivity contribution < 1.29 is 9.90 Å². The lowest BCUT2D eigenvalue weighted by molar-refractivity contribution is 0.0848. The van der Waals surface area contributed by atoms with Crippen molar-refractivity contribution in [1.29, 1.82) is 0 Å². The number of benzene rings is 1. The molecule has 0 unspecified atom stereocenters. The van der Waals surface area contributed by atoms with Crippen LogP contribution in [0, 0.1) is 5.41 Å². The third kappa shape index (κ3) is 4.23. The summed E-state index contributed by atoms with van der Waals surface area (Å²) in [5.74, 6) is -0.155. The molecular weight excluding hydrogens is 326 g/mol. The Morgan fingerprint density at radius 1 is 1.42 bits per heavy atom. The van der Waals surface area contributed by atoms with Crippen molar-refractivity contribution in [2.24, 2.45) is 5.41 Å². The average Bonchev–Trinajstić information content (AvgIpc) is 2.40. The molecular formula is C14H20BrNO2S. The predicted molar refractivity (Wildman–Crippen MR) is 83.8 cm³/mol. The fraction of sp³-hybridized carbons (Fsp3) is 0.500. The molecule has 0 atom stereocenters. The lowest BCUT2D eigenvalue weighted by Crippen LogP contribution is -2.39. The molecule has 1 aromatic rings. The summed E-state index contributed by atoms with van der Waals surface area (Å²) >= 11 is 7.64. The molecule has 0 aromatic heterocycles. The maximum absolute atomic E-state index is 12.1. The Hall–Kier alpha value is -0.520. The van der Waals surface area contributed by atoms with Gasteiger partial charge in [-0.3, -0.25) is 4.79 Å². The summed E-state index contributed by atoms with van der Waals surface area (Å²) in [7, 11) is 0. The van der Waals surface area contributed by atoms with E-state index in [-0.39, 0.29) is 17.9 Å². The SMILES string of the molecule is CCC(CC)(CO)CNC(=O)c1ccc(Br)cc1S. The maximum Gasteiger partial charge on any atom is 0.252 e. The zero-order chi connectivity index (χ0) is 14.5.